The quantitative estimate of drug-likeness (QED) is 0.654. The summed E-state index contributed by atoms with van der Waals surface area (Å²) in [7, 11) is 0. The molecule has 3 aromatic carbocycles. The molecule has 3 nitrogen and oxygen atoms in total. The first-order valence-electron chi connectivity index (χ1n) is 7.56. The van der Waals surface area contributed by atoms with Crippen molar-refractivity contribution in [3.05, 3.63) is 77.4 Å². The summed E-state index contributed by atoms with van der Waals surface area (Å²) in [5.74, 6) is 0.501. The lowest BCUT2D eigenvalue weighted by Crippen LogP contribution is -2.18. The van der Waals surface area contributed by atoms with Crippen LogP contribution in [0.3, 0.4) is 0 Å². The van der Waals surface area contributed by atoms with E-state index in [-0.39, 0.29) is 0 Å². The van der Waals surface area contributed by atoms with E-state index in [9.17, 15) is 4.79 Å². The third-order valence-corrected chi connectivity index (χ3v) is 4.17. The van der Waals surface area contributed by atoms with Gasteiger partial charge in [0, 0.05) is 11.1 Å². The number of para-hydroxylation sites is 1. The molecular weight excluding hydrogens is 286 g/mol. The highest BCUT2D eigenvalue weighted by Gasteiger charge is 2.26. The lowest BCUT2D eigenvalue weighted by molar-refractivity contribution is -0.114. The minimum absolute atomic E-state index is 0.501. The number of hydrogen-bond donors (Lipinski definition) is 0. The van der Waals surface area contributed by atoms with E-state index in [4.69, 9.17) is 9.73 Å². The van der Waals surface area contributed by atoms with Gasteiger partial charge in [0.25, 0.3) is 0 Å². The highest BCUT2D eigenvalue weighted by molar-refractivity contribution is 6.09. The van der Waals surface area contributed by atoms with E-state index in [1.807, 2.05) is 55.5 Å². The number of aliphatic imine (C=N–C) groups is 1. The number of ether oxygens (including phenoxy) is 1. The van der Waals surface area contributed by atoms with Crippen LogP contribution in [0.2, 0.25) is 0 Å². The van der Waals surface area contributed by atoms with E-state index in [0.29, 0.717) is 5.90 Å². The molecule has 0 radical (unpaired) electrons. The Kier molecular flexibility index (Phi) is 3.19. The Labute approximate surface area is 134 Å². The van der Waals surface area contributed by atoms with Crippen molar-refractivity contribution >= 4 is 28.6 Å². The Morgan fingerprint density at radius 3 is 2.65 bits per heavy atom. The van der Waals surface area contributed by atoms with Crippen molar-refractivity contribution < 1.29 is 9.53 Å². The number of aldehydes is 1. The topological polar surface area (TPSA) is 38.7 Å². The van der Waals surface area contributed by atoms with Crippen LogP contribution in [-0.2, 0) is 9.53 Å². The Bertz CT molecular complexity index is 938. The average molecular weight is 301 g/mol. The van der Waals surface area contributed by atoms with Crippen LogP contribution in [0.25, 0.3) is 10.8 Å². The first-order valence-corrected chi connectivity index (χ1v) is 7.56. The van der Waals surface area contributed by atoms with Crippen molar-refractivity contribution in [1.29, 1.82) is 0 Å². The molecule has 4 rings (SSSR count). The monoisotopic (exact) mass is 301 g/mol. The molecule has 0 saturated carbocycles. The van der Waals surface area contributed by atoms with Gasteiger partial charge in [-0.15, -0.1) is 0 Å². The van der Waals surface area contributed by atoms with E-state index >= 15 is 0 Å². The van der Waals surface area contributed by atoms with Gasteiger partial charge < -0.3 is 4.74 Å². The van der Waals surface area contributed by atoms with Gasteiger partial charge in [0.15, 0.2) is 12.4 Å². The Hall–Kier alpha value is -2.94. The summed E-state index contributed by atoms with van der Waals surface area (Å²) in [5.41, 5.74) is 3.60. The van der Waals surface area contributed by atoms with Crippen LogP contribution in [0.5, 0.6) is 0 Å². The highest BCUT2D eigenvalue weighted by Crippen LogP contribution is 2.36. The number of carbonyl (C=O) groups excluding carboxylic acids is 1. The van der Waals surface area contributed by atoms with E-state index in [1.165, 1.54) is 0 Å². The molecule has 0 N–H and O–H groups in total. The van der Waals surface area contributed by atoms with Crippen molar-refractivity contribution in [2.75, 3.05) is 0 Å². The Morgan fingerprint density at radius 2 is 1.78 bits per heavy atom. The fourth-order valence-electron chi connectivity index (χ4n) is 3.01. The molecule has 0 aromatic heterocycles. The molecule has 1 aliphatic heterocycles. The maximum atomic E-state index is 11.5. The lowest BCUT2D eigenvalue weighted by Gasteiger charge is -2.24. The van der Waals surface area contributed by atoms with Crippen molar-refractivity contribution in [1.82, 2.24) is 0 Å². The van der Waals surface area contributed by atoms with Crippen LogP contribution in [0.1, 0.15) is 22.8 Å². The second-order valence-corrected chi connectivity index (χ2v) is 5.63. The van der Waals surface area contributed by atoms with E-state index < -0.39 is 6.10 Å². The molecule has 0 fully saturated rings. The van der Waals surface area contributed by atoms with Gasteiger partial charge in [0.2, 0.25) is 5.90 Å². The van der Waals surface area contributed by atoms with Gasteiger partial charge in [-0.25, -0.2) is 4.99 Å². The predicted molar refractivity (Wildman–Crippen MR) is 91.2 cm³/mol. The van der Waals surface area contributed by atoms with E-state index in [2.05, 4.69) is 12.1 Å². The second-order valence-electron chi connectivity index (χ2n) is 5.63. The van der Waals surface area contributed by atoms with E-state index in [0.717, 1.165) is 39.4 Å². The third-order valence-electron chi connectivity index (χ3n) is 4.17. The van der Waals surface area contributed by atoms with Gasteiger partial charge in [-0.05, 0) is 29.3 Å². The summed E-state index contributed by atoms with van der Waals surface area (Å²) in [4.78, 5) is 16.2. The third kappa shape index (κ3) is 2.21. The zero-order valence-electron chi connectivity index (χ0n) is 12.7. The fraction of sp³-hybridized carbons (Fsp3) is 0.100. The predicted octanol–water partition coefficient (Wildman–Crippen LogP) is 4.50. The summed E-state index contributed by atoms with van der Waals surface area (Å²) in [6.45, 7) is 2.00. The molecule has 0 bridgehead atoms. The average Bonchev–Trinajstić information content (AvgIpc) is 2.61. The SMILES string of the molecule is Cc1cccc2c1N=C(c1cccc3ccccc13)OC2C=O. The van der Waals surface area contributed by atoms with Gasteiger partial charge in [-0.2, -0.15) is 0 Å². The molecule has 1 aliphatic rings. The first kappa shape index (κ1) is 13.7. The molecular formula is C20H15NO2. The molecule has 1 heterocycles. The summed E-state index contributed by atoms with van der Waals surface area (Å²) in [5, 5.41) is 2.19. The second kappa shape index (κ2) is 5.36. The van der Waals surface area contributed by atoms with Crippen LogP contribution >= 0.6 is 0 Å². The van der Waals surface area contributed by atoms with Crippen LogP contribution < -0.4 is 0 Å². The van der Waals surface area contributed by atoms with Gasteiger partial charge in [-0.1, -0.05) is 54.6 Å². The Balaban J connectivity index is 1.95. The zero-order chi connectivity index (χ0) is 15.8. The lowest BCUT2D eigenvalue weighted by atomic mass is 10.0. The molecule has 1 atom stereocenters. The standard InChI is InChI=1S/C20H15NO2/c1-13-6-4-11-17-18(12-22)23-20(21-19(13)17)16-10-5-8-14-7-2-3-9-15(14)16/h2-12,18H,1H3. The molecule has 0 saturated heterocycles. The van der Waals surface area contributed by atoms with Crippen LogP contribution in [-0.4, -0.2) is 12.2 Å². The smallest absolute Gasteiger partial charge is 0.223 e. The largest absolute Gasteiger partial charge is 0.461 e. The highest BCUT2D eigenvalue weighted by atomic mass is 16.5. The number of carbonyl (C=O) groups is 1. The molecule has 3 aromatic rings. The van der Waals surface area contributed by atoms with Crippen molar-refractivity contribution in [2.24, 2.45) is 4.99 Å². The van der Waals surface area contributed by atoms with Crippen molar-refractivity contribution in [3.63, 3.8) is 0 Å². The Morgan fingerprint density at radius 1 is 1.00 bits per heavy atom. The minimum Gasteiger partial charge on any atom is -0.461 e. The van der Waals surface area contributed by atoms with Crippen molar-refractivity contribution in [2.45, 2.75) is 13.0 Å². The van der Waals surface area contributed by atoms with Crippen LogP contribution in [0, 0.1) is 6.92 Å². The number of aryl methyl sites for hydroxylation is 1. The summed E-state index contributed by atoms with van der Waals surface area (Å²) >= 11 is 0. The van der Waals surface area contributed by atoms with E-state index in [1.54, 1.807) is 0 Å². The number of nitrogens with zero attached hydrogens (tertiary/aromatic N) is 1. The molecule has 1 unspecified atom stereocenters. The number of benzene rings is 3. The number of rotatable bonds is 2. The maximum absolute atomic E-state index is 11.5. The van der Waals surface area contributed by atoms with Crippen LogP contribution in [0.15, 0.2) is 65.7 Å². The number of fused-ring (bicyclic) bond motifs is 2. The molecule has 3 heteroatoms. The first-order chi connectivity index (χ1) is 11.3. The number of hydrogen-bond acceptors (Lipinski definition) is 3. The fourth-order valence-corrected chi connectivity index (χ4v) is 3.01. The molecule has 23 heavy (non-hydrogen) atoms. The minimum atomic E-state index is -0.614. The van der Waals surface area contributed by atoms with Crippen molar-refractivity contribution in [3.8, 4) is 0 Å². The van der Waals surface area contributed by atoms with Gasteiger partial charge >= 0.3 is 0 Å². The summed E-state index contributed by atoms with van der Waals surface area (Å²) in [6.07, 6.45) is 0.217. The summed E-state index contributed by atoms with van der Waals surface area (Å²) in [6, 6.07) is 19.9. The van der Waals surface area contributed by atoms with Gasteiger partial charge in [0.05, 0.1) is 5.69 Å². The van der Waals surface area contributed by atoms with Gasteiger partial charge in [0.1, 0.15) is 0 Å². The molecule has 0 aliphatic carbocycles. The summed E-state index contributed by atoms with van der Waals surface area (Å²) < 4.78 is 5.89. The van der Waals surface area contributed by atoms with Crippen LogP contribution in [0.4, 0.5) is 5.69 Å². The normalized spacial score (nSPS) is 16.4. The molecule has 0 spiro atoms. The molecule has 0 amide bonds. The molecule has 112 valence electrons. The zero-order valence-corrected chi connectivity index (χ0v) is 12.7. The maximum Gasteiger partial charge on any atom is 0.223 e. The van der Waals surface area contributed by atoms with Gasteiger partial charge in [-0.3, -0.25) is 4.79 Å².